The quantitative estimate of drug-likeness (QED) is 0.911. The highest BCUT2D eigenvalue weighted by Crippen LogP contribution is 2.36. The summed E-state index contributed by atoms with van der Waals surface area (Å²) in [7, 11) is 0. The number of aryl methyl sites for hydroxylation is 1. The summed E-state index contributed by atoms with van der Waals surface area (Å²) in [4.78, 5) is 15.0. The standard InChI is InChI=1S/C17H26N2O2/c1-12-7-10-19(17(20)14-5-8-18-9-6-14)15(11-12)16-4-3-13(2)21-16/h3-4,12,14-15,18H,5-11H2,1-2H3. The van der Waals surface area contributed by atoms with Gasteiger partial charge in [0.2, 0.25) is 5.91 Å². The summed E-state index contributed by atoms with van der Waals surface area (Å²) in [6.07, 6.45) is 4.06. The van der Waals surface area contributed by atoms with E-state index in [0.29, 0.717) is 11.8 Å². The molecule has 116 valence electrons. The molecular formula is C17H26N2O2. The van der Waals surface area contributed by atoms with Crippen molar-refractivity contribution in [1.82, 2.24) is 10.2 Å². The molecule has 2 saturated heterocycles. The molecule has 2 aliphatic rings. The van der Waals surface area contributed by atoms with E-state index >= 15 is 0 Å². The smallest absolute Gasteiger partial charge is 0.226 e. The van der Waals surface area contributed by atoms with Crippen LogP contribution in [-0.4, -0.2) is 30.4 Å². The maximum absolute atomic E-state index is 12.9. The molecule has 2 unspecified atom stereocenters. The molecule has 0 aromatic carbocycles. The van der Waals surface area contributed by atoms with E-state index in [0.717, 1.165) is 56.8 Å². The third kappa shape index (κ3) is 3.15. The number of nitrogens with zero attached hydrogens (tertiary/aromatic N) is 1. The van der Waals surface area contributed by atoms with Crippen LogP contribution in [0.4, 0.5) is 0 Å². The Balaban J connectivity index is 1.78. The fourth-order valence-corrected chi connectivity index (χ4v) is 3.61. The zero-order valence-electron chi connectivity index (χ0n) is 13.1. The summed E-state index contributed by atoms with van der Waals surface area (Å²) in [6.45, 7) is 7.04. The summed E-state index contributed by atoms with van der Waals surface area (Å²) < 4.78 is 5.83. The molecule has 0 aliphatic carbocycles. The lowest BCUT2D eigenvalue weighted by atomic mass is 9.88. The molecule has 2 aliphatic heterocycles. The second-order valence-corrected chi connectivity index (χ2v) is 6.65. The van der Waals surface area contributed by atoms with Crippen LogP contribution in [0.3, 0.4) is 0 Å². The summed E-state index contributed by atoms with van der Waals surface area (Å²) in [5.41, 5.74) is 0. The predicted octanol–water partition coefficient (Wildman–Crippen LogP) is 2.89. The van der Waals surface area contributed by atoms with Crippen molar-refractivity contribution in [2.24, 2.45) is 11.8 Å². The molecule has 2 fully saturated rings. The number of carbonyl (C=O) groups is 1. The van der Waals surface area contributed by atoms with Crippen molar-refractivity contribution in [1.29, 1.82) is 0 Å². The SMILES string of the molecule is Cc1ccc(C2CC(C)CCN2C(=O)C2CCNCC2)o1. The number of nitrogens with one attached hydrogen (secondary N) is 1. The number of rotatable bonds is 2. The average molecular weight is 290 g/mol. The Hall–Kier alpha value is -1.29. The van der Waals surface area contributed by atoms with Crippen LogP contribution in [0.2, 0.25) is 0 Å². The van der Waals surface area contributed by atoms with Crippen molar-refractivity contribution >= 4 is 5.91 Å². The van der Waals surface area contributed by atoms with E-state index in [1.165, 1.54) is 0 Å². The maximum Gasteiger partial charge on any atom is 0.226 e. The molecule has 0 bridgehead atoms. The van der Waals surface area contributed by atoms with Crippen LogP contribution < -0.4 is 5.32 Å². The number of piperidine rings is 2. The van der Waals surface area contributed by atoms with E-state index in [-0.39, 0.29) is 12.0 Å². The predicted molar refractivity (Wildman–Crippen MR) is 81.9 cm³/mol. The highest BCUT2D eigenvalue weighted by atomic mass is 16.3. The van der Waals surface area contributed by atoms with E-state index in [4.69, 9.17) is 4.42 Å². The van der Waals surface area contributed by atoms with Crippen molar-refractivity contribution in [3.05, 3.63) is 23.7 Å². The molecule has 4 nitrogen and oxygen atoms in total. The number of carbonyl (C=O) groups excluding carboxylic acids is 1. The van der Waals surface area contributed by atoms with Gasteiger partial charge in [0.25, 0.3) is 0 Å². The Morgan fingerprint density at radius 1 is 1.29 bits per heavy atom. The highest BCUT2D eigenvalue weighted by molar-refractivity contribution is 5.79. The van der Waals surface area contributed by atoms with Crippen LogP contribution in [0.15, 0.2) is 16.5 Å². The van der Waals surface area contributed by atoms with Gasteiger partial charge in [-0.05, 0) is 63.7 Å². The monoisotopic (exact) mass is 290 g/mol. The number of likely N-dealkylation sites (tertiary alicyclic amines) is 1. The number of furan rings is 1. The first-order chi connectivity index (χ1) is 10.1. The molecule has 21 heavy (non-hydrogen) atoms. The zero-order valence-corrected chi connectivity index (χ0v) is 13.1. The van der Waals surface area contributed by atoms with E-state index in [1.54, 1.807) is 0 Å². The van der Waals surface area contributed by atoms with Gasteiger partial charge in [-0.25, -0.2) is 0 Å². The molecule has 4 heteroatoms. The first kappa shape index (κ1) is 14.6. The average Bonchev–Trinajstić information content (AvgIpc) is 2.94. The fourth-order valence-electron chi connectivity index (χ4n) is 3.61. The summed E-state index contributed by atoms with van der Waals surface area (Å²) in [5, 5.41) is 3.34. The molecule has 0 saturated carbocycles. The molecule has 3 heterocycles. The third-order valence-electron chi connectivity index (χ3n) is 4.93. The first-order valence-corrected chi connectivity index (χ1v) is 8.22. The third-order valence-corrected chi connectivity index (χ3v) is 4.93. The van der Waals surface area contributed by atoms with Gasteiger partial charge in [-0.1, -0.05) is 6.92 Å². The summed E-state index contributed by atoms with van der Waals surface area (Å²) >= 11 is 0. The van der Waals surface area contributed by atoms with Gasteiger partial charge in [-0.3, -0.25) is 4.79 Å². The van der Waals surface area contributed by atoms with Gasteiger partial charge in [0.05, 0.1) is 6.04 Å². The van der Waals surface area contributed by atoms with Gasteiger partial charge in [0, 0.05) is 12.5 Å². The second kappa shape index (κ2) is 6.22. The zero-order chi connectivity index (χ0) is 14.8. The van der Waals surface area contributed by atoms with Gasteiger partial charge in [-0.2, -0.15) is 0 Å². The van der Waals surface area contributed by atoms with Crippen LogP contribution in [0, 0.1) is 18.8 Å². The Labute approximate surface area is 126 Å². The minimum Gasteiger partial charge on any atom is -0.464 e. The van der Waals surface area contributed by atoms with E-state index in [2.05, 4.69) is 17.1 Å². The van der Waals surface area contributed by atoms with Gasteiger partial charge >= 0.3 is 0 Å². The Morgan fingerprint density at radius 3 is 2.71 bits per heavy atom. The lowest BCUT2D eigenvalue weighted by molar-refractivity contribution is -0.141. The van der Waals surface area contributed by atoms with Crippen molar-refractivity contribution in [3.8, 4) is 0 Å². The number of hydrogen-bond acceptors (Lipinski definition) is 3. The summed E-state index contributed by atoms with van der Waals surface area (Å²) in [6, 6.07) is 4.17. The topological polar surface area (TPSA) is 45.5 Å². The minimum absolute atomic E-state index is 0.129. The summed E-state index contributed by atoms with van der Waals surface area (Å²) in [5.74, 6) is 3.07. The number of hydrogen-bond donors (Lipinski definition) is 1. The Morgan fingerprint density at radius 2 is 2.05 bits per heavy atom. The van der Waals surface area contributed by atoms with Crippen molar-refractivity contribution in [2.45, 2.75) is 45.6 Å². The highest BCUT2D eigenvalue weighted by Gasteiger charge is 2.36. The van der Waals surface area contributed by atoms with Crippen LogP contribution in [0.5, 0.6) is 0 Å². The Kier molecular flexibility index (Phi) is 4.34. The van der Waals surface area contributed by atoms with Gasteiger partial charge in [-0.15, -0.1) is 0 Å². The molecule has 1 N–H and O–H groups in total. The van der Waals surface area contributed by atoms with Gasteiger partial charge < -0.3 is 14.6 Å². The van der Waals surface area contributed by atoms with Crippen molar-refractivity contribution in [2.75, 3.05) is 19.6 Å². The molecule has 2 atom stereocenters. The van der Waals surface area contributed by atoms with Crippen LogP contribution in [0.25, 0.3) is 0 Å². The normalized spacial score (nSPS) is 27.8. The van der Waals surface area contributed by atoms with Crippen LogP contribution in [-0.2, 0) is 4.79 Å². The molecule has 1 amide bonds. The minimum atomic E-state index is 0.129. The van der Waals surface area contributed by atoms with Gasteiger partial charge in [0.1, 0.15) is 11.5 Å². The molecule has 3 rings (SSSR count). The molecule has 0 spiro atoms. The maximum atomic E-state index is 12.9. The number of amides is 1. The van der Waals surface area contributed by atoms with Crippen LogP contribution in [0.1, 0.15) is 50.2 Å². The van der Waals surface area contributed by atoms with E-state index < -0.39 is 0 Å². The van der Waals surface area contributed by atoms with Crippen molar-refractivity contribution < 1.29 is 9.21 Å². The first-order valence-electron chi connectivity index (χ1n) is 8.22. The fraction of sp³-hybridized carbons (Fsp3) is 0.706. The second-order valence-electron chi connectivity index (χ2n) is 6.65. The van der Waals surface area contributed by atoms with Gasteiger partial charge in [0.15, 0.2) is 0 Å². The molecular weight excluding hydrogens is 264 g/mol. The van der Waals surface area contributed by atoms with E-state index in [9.17, 15) is 4.79 Å². The Bertz CT molecular complexity index is 491. The van der Waals surface area contributed by atoms with Crippen molar-refractivity contribution in [3.63, 3.8) is 0 Å². The molecule has 0 radical (unpaired) electrons. The molecule has 1 aromatic heterocycles. The molecule has 1 aromatic rings. The van der Waals surface area contributed by atoms with Crippen LogP contribution >= 0.6 is 0 Å². The largest absolute Gasteiger partial charge is 0.464 e. The lowest BCUT2D eigenvalue weighted by Crippen LogP contribution is -2.45. The lowest BCUT2D eigenvalue weighted by Gasteiger charge is -2.40. The van der Waals surface area contributed by atoms with E-state index in [1.807, 2.05) is 19.1 Å².